The lowest BCUT2D eigenvalue weighted by molar-refractivity contribution is -0.149. The number of carbonyl (C=O) groups excluding carboxylic acids is 1. The molecule has 3 heterocycles. The molecule has 0 aliphatic carbocycles. The molecule has 7 heteroatoms. The van der Waals surface area contributed by atoms with E-state index in [-0.39, 0.29) is 17.4 Å². The molecule has 0 amide bonds. The number of fused-ring (bicyclic) bond motifs is 2. The van der Waals surface area contributed by atoms with Crippen LogP contribution >= 0.6 is 0 Å². The van der Waals surface area contributed by atoms with Gasteiger partial charge in [0.05, 0.1) is 23.8 Å². The number of nitrogens with one attached hydrogen (secondary N) is 2. The van der Waals surface area contributed by atoms with Gasteiger partial charge in [-0.2, -0.15) is 0 Å². The van der Waals surface area contributed by atoms with Crippen LogP contribution in [0.2, 0.25) is 0 Å². The number of esters is 1. The Balaban J connectivity index is 1.22. The van der Waals surface area contributed by atoms with Crippen LogP contribution in [0.4, 0.5) is 0 Å². The predicted molar refractivity (Wildman–Crippen MR) is 133 cm³/mol. The van der Waals surface area contributed by atoms with Crippen molar-refractivity contribution in [2.75, 3.05) is 32.8 Å². The van der Waals surface area contributed by atoms with Gasteiger partial charge in [-0.3, -0.25) is 14.5 Å². The standard InChI is InChI=1S/C27H29N3O4/c1-2-33-27(32)18-9-11-30(12-10-18)13-14-34-21-7-8-24-20(15-21)17-25(28-24)22-16-19-5-3-4-6-23(19)29-26(22)31/h3-8,15-18,28H,2,9-14H2,1H3,(H,29,31). The van der Waals surface area contributed by atoms with Gasteiger partial charge >= 0.3 is 5.97 Å². The van der Waals surface area contributed by atoms with E-state index < -0.39 is 0 Å². The maximum Gasteiger partial charge on any atom is 0.309 e. The average molecular weight is 460 g/mol. The second-order valence-corrected chi connectivity index (χ2v) is 8.75. The molecule has 0 unspecified atom stereocenters. The molecule has 1 saturated heterocycles. The number of H-pyrrole nitrogens is 2. The molecule has 0 saturated carbocycles. The van der Waals surface area contributed by atoms with Crippen LogP contribution in [0.5, 0.6) is 5.75 Å². The highest BCUT2D eigenvalue weighted by atomic mass is 16.5. The highest BCUT2D eigenvalue weighted by Crippen LogP contribution is 2.27. The molecular formula is C27H29N3O4. The van der Waals surface area contributed by atoms with Crippen molar-refractivity contribution in [1.29, 1.82) is 0 Å². The van der Waals surface area contributed by atoms with Crippen LogP contribution in [-0.2, 0) is 9.53 Å². The van der Waals surface area contributed by atoms with Crippen LogP contribution in [0.1, 0.15) is 19.8 Å². The molecule has 4 aromatic rings. The normalized spacial score (nSPS) is 15.1. The van der Waals surface area contributed by atoms with Gasteiger partial charge in [-0.25, -0.2) is 0 Å². The minimum atomic E-state index is -0.117. The quantitative estimate of drug-likeness (QED) is 0.402. The number of aromatic amines is 2. The number of carbonyl (C=O) groups is 1. The number of pyridine rings is 1. The summed E-state index contributed by atoms with van der Waals surface area (Å²) < 4.78 is 11.2. The zero-order valence-electron chi connectivity index (χ0n) is 19.3. The van der Waals surface area contributed by atoms with Crippen LogP contribution in [0.25, 0.3) is 33.1 Å². The molecule has 176 valence electrons. The largest absolute Gasteiger partial charge is 0.492 e. The maximum absolute atomic E-state index is 12.6. The third-order valence-corrected chi connectivity index (χ3v) is 6.52. The molecule has 0 atom stereocenters. The summed E-state index contributed by atoms with van der Waals surface area (Å²) in [6.07, 6.45) is 1.68. The van der Waals surface area contributed by atoms with Gasteiger partial charge < -0.3 is 19.4 Å². The molecular weight excluding hydrogens is 430 g/mol. The molecule has 0 radical (unpaired) electrons. The van der Waals surface area contributed by atoms with E-state index in [0.29, 0.717) is 18.8 Å². The van der Waals surface area contributed by atoms with Gasteiger partial charge in [0, 0.05) is 23.0 Å². The van der Waals surface area contributed by atoms with E-state index in [1.807, 2.05) is 61.5 Å². The molecule has 2 N–H and O–H groups in total. The Morgan fingerprint density at radius 3 is 2.62 bits per heavy atom. The first-order valence-electron chi connectivity index (χ1n) is 11.9. The Bertz CT molecular complexity index is 1370. The van der Waals surface area contributed by atoms with Gasteiger partial charge in [-0.1, -0.05) is 18.2 Å². The second-order valence-electron chi connectivity index (χ2n) is 8.75. The molecule has 1 aliphatic heterocycles. The minimum absolute atomic E-state index is 0.0251. The van der Waals surface area contributed by atoms with Gasteiger partial charge in [-0.15, -0.1) is 0 Å². The van der Waals surface area contributed by atoms with E-state index in [2.05, 4.69) is 14.9 Å². The minimum Gasteiger partial charge on any atom is -0.492 e. The topological polar surface area (TPSA) is 87.4 Å². The molecule has 2 aromatic carbocycles. The number of aromatic nitrogens is 2. The highest BCUT2D eigenvalue weighted by molar-refractivity contribution is 5.89. The summed E-state index contributed by atoms with van der Waals surface area (Å²) >= 11 is 0. The average Bonchev–Trinajstić information content (AvgIpc) is 3.27. The lowest BCUT2D eigenvalue weighted by Crippen LogP contribution is -2.39. The van der Waals surface area contributed by atoms with Gasteiger partial charge in [-0.05, 0) is 74.6 Å². The van der Waals surface area contributed by atoms with Crippen molar-refractivity contribution in [2.45, 2.75) is 19.8 Å². The zero-order chi connectivity index (χ0) is 23.5. The van der Waals surface area contributed by atoms with Crippen molar-refractivity contribution in [1.82, 2.24) is 14.9 Å². The number of rotatable bonds is 7. The smallest absolute Gasteiger partial charge is 0.309 e. The summed E-state index contributed by atoms with van der Waals surface area (Å²) in [6, 6.07) is 17.6. The maximum atomic E-state index is 12.6. The Labute approximate surface area is 197 Å². The third-order valence-electron chi connectivity index (χ3n) is 6.52. The molecule has 34 heavy (non-hydrogen) atoms. The number of nitrogens with zero attached hydrogens (tertiary/aromatic N) is 1. The van der Waals surface area contributed by atoms with Gasteiger partial charge in [0.15, 0.2) is 0 Å². The molecule has 0 bridgehead atoms. The van der Waals surface area contributed by atoms with E-state index >= 15 is 0 Å². The molecule has 1 aliphatic rings. The van der Waals surface area contributed by atoms with Gasteiger partial charge in [0.2, 0.25) is 0 Å². The second kappa shape index (κ2) is 9.73. The monoisotopic (exact) mass is 459 g/mol. The molecule has 1 fully saturated rings. The predicted octanol–water partition coefficient (Wildman–Crippen LogP) is 4.33. The molecule has 2 aromatic heterocycles. The summed E-state index contributed by atoms with van der Waals surface area (Å²) in [4.78, 5) is 33.2. The van der Waals surface area contributed by atoms with Crippen LogP contribution in [0, 0.1) is 5.92 Å². The Kier molecular flexibility index (Phi) is 6.36. The fourth-order valence-corrected chi connectivity index (χ4v) is 4.64. The third kappa shape index (κ3) is 4.70. The van der Waals surface area contributed by atoms with Crippen molar-refractivity contribution in [3.8, 4) is 17.0 Å². The van der Waals surface area contributed by atoms with E-state index in [9.17, 15) is 9.59 Å². The summed E-state index contributed by atoms with van der Waals surface area (Å²) in [7, 11) is 0. The molecule has 7 nitrogen and oxygen atoms in total. The van der Waals surface area contributed by atoms with Gasteiger partial charge in [0.1, 0.15) is 12.4 Å². The van der Waals surface area contributed by atoms with Crippen LogP contribution in [0.15, 0.2) is 59.4 Å². The summed E-state index contributed by atoms with van der Waals surface area (Å²) in [5.41, 5.74) is 3.06. The number of hydrogen-bond donors (Lipinski definition) is 2. The molecule has 0 spiro atoms. The number of para-hydroxylation sites is 1. The van der Waals surface area contributed by atoms with Crippen molar-refractivity contribution < 1.29 is 14.3 Å². The first-order chi connectivity index (χ1) is 16.6. The van der Waals surface area contributed by atoms with Crippen molar-refractivity contribution in [2.24, 2.45) is 5.92 Å². The lowest BCUT2D eigenvalue weighted by atomic mass is 9.97. The number of benzene rings is 2. The van der Waals surface area contributed by atoms with Crippen molar-refractivity contribution in [3.05, 3.63) is 65.0 Å². The Hall–Kier alpha value is -3.58. The summed E-state index contributed by atoms with van der Waals surface area (Å²) in [5, 5.41) is 1.99. The summed E-state index contributed by atoms with van der Waals surface area (Å²) in [6.45, 7) is 5.45. The number of hydrogen-bond acceptors (Lipinski definition) is 5. The van der Waals surface area contributed by atoms with Crippen LogP contribution < -0.4 is 10.3 Å². The van der Waals surface area contributed by atoms with Crippen molar-refractivity contribution >= 4 is 27.8 Å². The highest BCUT2D eigenvalue weighted by Gasteiger charge is 2.25. The number of ether oxygens (including phenoxy) is 2. The Morgan fingerprint density at radius 2 is 1.79 bits per heavy atom. The van der Waals surface area contributed by atoms with E-state index in [1.54, 1.807) is 0 Å². The lowest BCUT2D eigenvalue weighted by Gasteiger charge is -2.30. The Morgan fingerprint density at radius 1 is 1.00 bits per heavy atom. The zero-order valence-corrected chi connectivity index (χ0v) is 19.3. The first-order valence-corrected chi connectivity index (χ1v) is 11.9. The SMILES string of the molecule is CCOC(=O)C1CCN(CCOc2ccc3[nH]c(-c4cc5ccccc5[nH]c4=O)cc3c2)CC1. The van der Waals surface area contributed by atoms with E-state index in [0.717, 1.165) is 65.7 Å². The number of piperidine rings is 1. The van der Waals surface area contributed by atoms with Gasteiger partial charge in [0.25, 0.3) is 5.56 Å². The summed E-state index contributed by atoms with van der Waals surface area (Å²) in [5.74, 6) is 0.757. The van der Waals surface area contributed by atoms with Crippen LogP contribution in [0.3, 0.4) is 0 Å². The fourth-order valence-electron chi connectivity index (χ4n) is 4.64. The fraction of sp³-hybridized carbons (Fsp3) is 0.333. The first kappa shape index (κ1) is 22.2. The van der Waals surface area contributed by atoms with E-state index in [4.69, 9.17) is 9.47 Å². The molecule has 5 rings (SSSR count). The number of likely N-dealkylation sites (tertiary alicyclic amines) is 1. The van der Waals surface area contributed by atoms with Crippen LogP contribution in [-0.4, -0.2) is 53.7 Å². The van der Waals surface area contributed by atoms with E-state index in [1.165, 1.54) is 0 Å². The van der Waals surface area contributed by atoms with Crippen molar-refractivity contribution in [3.63, 3.8) is 0 Å².